The van der Waals surface area contributed by atoms with Crippen LogP contribution < -0.4 is 0 Å². The fraction of sp³-hybridized carbons (Fsp3) is 0.810. The fourth-order valence-corrected chi connectivity index (χ4v) is 5.87. The van der Waals surface area contributed by atoms with E-state index in [4.69, 9.17) is 9.47 Å². The molecule has 1 rings (SSSR count). The number of nitrogens with zero attached hydrogens (tertiary/aromatic N) is 2. The molecule has 0 saturated carbocycles. The lowest BCUT2D eigenvalue weighted by atomic mass is 10.1. The van der Waals surface area contributed by atoms with Crippen LogP contribution in [0.15, 0.2) is 48.6 Å². The smallest absolute Gasteiger partial charge is 0.0934 e. The maximum Gasteiger partial charge on any atom is 0.0934 e. The molecule has 0 radical (unpaired) electrons. The largest absolute Gasteiger partial charge is 0.379 e. The van der Waals surface area contributed by atoms with Crippen molar-refractivity contribution in [2.24, 2.45) is 0 Å². The van der Waals surface area contributed by atoms with Crippen molar-refractivity contribution in [2.75, 3.05) is 59.6 Å². The Kier molecular flexibility index (Phi) is 32.7. The van der Waals surface area contributed by atoms with Crippen LogP contribution in [-0.4, -0.2) is 75.5 Å². The van der Waals surface area contributed by atoms with Gasteiger partial charge in [0.1, 0.15) is 0 Å². The van der Waals surface area contributed by atoms with E-state index in [1.807, 2.05) is 0 Å². The van der Waals surface area contributed by atoms with Gasteiger partial charge < -0.3 is 14.4 Å². The maximum atomic E-state index is 6.41. The first-order chi connectivity index (χ1) is 22.8. The molecule has 1 fully saturated rings. The molecule has 1 atom stereocenters. The van der Waals surface area contributed by atoms with Gasteiger partial charge in [-0.15, -0.1) is 0 Å². The molecular formula is C42H78N2O2. The minimum absolute atomic E-state index is 0.201. The van der Waals surface area contributed by atoms with Crippen molar-refractivity contribution in [3.05, 3.63) is 48.6 Å². The van der Waals surface area contributed by atoms with Gasteiger partial charge in [-0.2, -0.15) is 0 Å². The van der Waals surface area contributed by atoms with Gasteiger partial charge in [0.25, 0.3) is 0 Å². The normalized spacial score (nSPS) is 15.9. The van der Waals surface area contributed by atoms with Crippen LogP contribution in [0, 0.1) is 0 Å². The third kappa shape index (κ3) is 30.2. The SMILES string of the molecule is CCCCCC=CCC=CCCCCCCCOCC(CN1CCN(C)CC1)OCCCCCCCC=CCC=CCCCCC. The zero-order valence-electron chi connectivity index (χ0n) is 31.1. The molecule has 1 saturated heterocycles. The number of unbranched alkanes of at least 4 members (excludes halogenated alkanes) is 16. The molecule has 0 amide bonds. The Bertz CT molecular complexity index is 723. The van der Waals surface area contributed by atoms with E-state index in [0.717, 1.165) is 65.4 Å². The molecule has 46 heavy (non-hydrogen) atoms. The minimum atomic E-state index is 0.201. The third-order valence-corrected chi connectivity index (χ3v) is 9.05. The summed E-state index contributed by atoms with van der Waals surface area (Å²) in [6, 6.07) is 0. The summed E-state index contributed by atoms with van der Waals surface area (Å²) >= 11 is 0. The van der Waals surface area contributed by atoms with Crippen LogP contribution in [0.25, 0.3) is 0 Å². The molecular weight excluding hydrogens is 564 g/mol. The van der Waals surface area contributed by atoms with E-state index in [1.165, 1.54) is 128 Å². The Hall–Kier alpha value is -1.20. The summed E-state index contributed by atoms with van der Waals surface area (Å²) in [5.41, 5.74) is 0. The van der Waals surface area contributed by atoms with Crippen LogP contribution >= 0.6 is 0 Å². The van der Waals surface area contributed by atoms with Gasteiger partial charge >= 0.3 is 0 Å². The van der Waals surface area contributed by atoms with Gasteiger partial charge in [0.15, 0.2) is 0 Å². The van der Waals surface area contributed by atoms with Gasteiger partial charge in [-0.1, -0.05) is 127 Å². The quantitative estimate of drug-likeness (QED) is 0.0525. The Morgan fingerprint density at radius 2 is 0.935 bits per heavy atom. The predicted molar refractivity (Wildman–Crippen MR) is 204 cm³/mol. The molecule has 0 bridgehead atoms. The number of hydrogen-bond acceptors (Lipinski definition) is 4. The van der Waals surface area contributed by atoms with Crippen molar-refractivity contribution < 1.29 is 9.47 Å². The van der Waals surface area contributed by atoms with Crippen LogP contribution in [0.4, 0.5) is 0 Å². The third-order valence-electron chi connectivity index (χ3n) is 9.05. The molecule has 1 unspecified atom stereocenters. The summed E-state index contributed by atoms with van der Waals surface area (Å²) in [5, 5.41) is 0. The van der Waals surface area contributed by atoms with E-state index >= 15 is 0 Å². The molecule has 4 nitrogen and oxygen atoms in total. The average Bonchev–Trinajstić information content (AvgIpc) is 3.06. The van der Waals surface area contributed by atoms with E-state index in [0.29, 0.717) is 0 Å². The van der Waals surface area contributed by atoms with Gasteiger partial charge in [-0.25, -0.2) is 0 Å². The summed E-state index contributed by atoms with van der Waals surface area (Å²) in [6.45, 7) is 12.6. The highest BCUT2D eigenvalue weighted by molar-refractivity contribution is 4.93. The standard InChI is InChI=1S/C42H78N2O2/c1-4-6-8-10-12-14-16-18-20-22-24-26-28-30-32-38-45-41-42(40-44-36-34-43(3)35-37-44)46-39-33-31-29-27-25-23-21-19-17-15-13-11-9-7-5-2/h12-15,18-21,42H,4-11,16-17,22-41H2,1-3H3. The average molecular weight is 643 g/mol. The first kappa shape index (κ1) is 42.8. The van der Waals surface area contributed by atoms with Gasteiger partial charge in [-0.3, -0.25) is 4.90 Å². The lowest BCUT2D eigenvalue weighted by Gasteiger charge is -2.34. The molecule has 1 heterocycles. The van der Waals surface area contributed by atoms with E-state index in [2.05, 4.69) is 79.3 Å². The Balaban J connectivity index is 2.07. The fourth-order valence-electron chi connectivity index (χ4n) is 5.87. The lowest BCUT2D eigenvalue weighted by molar-refractivity contribution is -0.0388. The van der Waals surface area contributed by atoms with Gasteiger partial charge in [0.2, 0.25) is 0 Å². The predicted octanol–water partition coefficient (Wildman–Crippen LogP) is 11.5. The summed E-state index contributed by atoms with van der Waals surface area (Å²) in [6.07, 6.45) is 46.9. The van der Waals surface area contributed by atoms with E-state index in [9.17, 15) is 0 Å². The summed E-state index contributed by atoms with van der Waals surface area (Å²) in [7, 11) is 2.23. The number of likely N-dealkylation sites (N-methyl/N-ethyl adjacent to an activating group) is 1. The summed E-state index contributed by atoms with van der Waals surface area (Å²) in [5.74, 6) is 0. The van der Waals surface area contributed by atoms with Crippen LogP contribution in [0.1, 0.15) is 155 Å². The van der Waals surface area contributed by atoms with Crippen LogP contribution in [0.2, 0.25) is 0 Å². The molecule has 1 aliphatic rings. The number of hydrogen-bond donors (Lipinski definition) is 0. The van der Waals surface area contributed by atoms with E-state index in [-0.39, 0.29) is 6.10 Å². The molecule has 0 N–H and O–H groups in total. The Morgan fingerprint density at radius 1 is 0.500 bits per heavy atom. The lowest BCUT2D eigenvalue weighted by Crippen LogP contribution is -2.48. The van der Waals surface area contributed by atoms with Crippen molar-refractivity contribution in [1.82, 2.24) is 9.80 Å². The second-order valence-corrected chi connectivity index (χ2v) is 13.6. The molecule has 0 aliphatic carbocycles. The zero-order chi connectivity index (χ0) is 33.0. The minimum Gasteiger partial charge on any atom is -0.379 e. The molecule has 4 heteroatoms. The highest BCUT2D eigenvalue weighted by Crippen LogP contribution is 2.11. The van der Waals surface area contributed by atoms with Gasteiger partial charge in [0, 0.05) is 45.9 Å². The Morgan fingerprint density at radius 3 is 1.43 bits per heavy atom. The molecule has 0 spiro atoms. The second-order valence-electron chi connectivity index (χ2n) is 13.6. The highest BCUT2D eigenvalue weighted by Gasteiger charge is 2.19. The van der Waals surface area contributed by atoms with Gasteiger partial charge in [-0.05, 0) is 84.1 Å². The molecule has 0 aromatic rings. The van der Waals surface area contributed by atoms with Crippen molar-refractivity contribution in [2.45, 2.75) is 161 Å². The number of ether oxygens (including phenoxy) is 2. The summed E-state index contributed by atoms with van der Waals surface area (Å²) < 4.78 is 12.6. The molecule has 0 aromatic heterocycles. The zero-order valence-corrected chi connectivity index (χ0v) is 31.1. The van der Waals surface area contributed by atoms with Crippen molar-refractivity contribution >= 4 is 0 Å². The molecule has 1 aliphatic heterocycles. The van der Waals surface area contributed by atoms with Crippen LogP contribution in [-0.2, 0) is 9.47 Å². The number of piperazine rings is 1. The number of rotatable bonds is 33. The van der Waals surface area contributed by atoms with Crippen molar-refractivity contribution in [1.29, 1.82) is 0 Å². The van der Waals surface area contributed by atoms with E-state index < -0.39 is 0 Å². The van der Waals surface area contributed by atoms with Crippen molar-refractivity contribution in [3.63, 3.8) is 0 Å². The first-order valence-corrected chi connectivity index (χ1v) is 20.0. The highest BCUT2D eigenvalue weighted by atomic mass is 16.5. The van der Waals surface area contributed by atoms with Crippen molar-refractivity contribution in [3.8, 4) is 0 Å². The topological polar surface area (TPSA) is 24.9 Å². The summed E-state index contributed by atoms with van der Waals surface area (Å²) in [4.78, 5) is 5.00. The molecule has 0 aromatic carbocycles. The first-order valence-electron chi connectivity index (χ1n) is 20.0. The van der Waals surface area contributed by atoms with Crippen LogP contribution in [0.3, 0.4) is 0 Å². The van der Waals surface area contributed by atoms with E-state index in [1.54, 1.807) is 0 Å². The molecule has 268 valence electrons. The Labute approximate surface area is 288 Å². The monoisotopic (exact) mass is 643 g/mol. The second kappa shape index (κ2) is 35.1. The maximum absolute atomic E-state index is 6.41. The van der Waals surface area contributed by atoms with Crippen LogP contribution in [0.5, 0.6) is 0 Å². The van der Waals surface area contributed by atoms with Gasteiger partial charge in [0.05, 0.1) is 12.7 Å². The number of allylic oxidation sites excluding steroid dienone is 8.